The Labute approximate surface area is 588 Å². The Morgan fingerprint density at radius 3 is 0.615 bits per heavy atom. The molecule has 2 unspecified atom stereocenters. The van der Waals surface area contributed by atoms with Gasteiger partial charge in [0, 0.05) is 25.7 Å². The maximum absolute atomic E-state index is 13.1. The first kappa shape index (κ1) is 94.1. The second kappa shape index (κ2) is 71.5. The van der Waals surface area contributed by atoms with Crippen LogP contribution in [-0.2, 0) is 65.4 Å². The van der Waals surface area contributed by atoms with E-state index in [-0.39, 0.29) is 25.7 Å². The van der Waals surface area contributed by atoms with Crippen molar-refractivity contribution in [2.24, 2.45) is 0 Å². The zero-order chi connectivity index (χ0) is 70.4. The largest absolute Gasteiger partial charge is 0.472 e. The Bertz CT molecular complexity index is 1830. The summed E-state index contributed by atoms with van der Waals surface area (Å²) >= 11 is 0. The molecule has 0 rings (SSSR count). The minimum Gasteiger partial charge on any atom is -0.462 e. The summed E-state index contributed by atoms with van der Waals surface area (Å²) in [5.74, 6) is -2.11. The number of phosphoric ester groups is 2. The number of hydrogen-bond acceptors (Lipinski definition) is 15. The third-order valence-electron chi connectivity index (χ3n) is 18.1. The number of phosphoric acid groups is 2. The summed E-state index contributed by atoms with van der Waals surface area (Å²) < 4.78 is 68.6. The smallest absolute Gasteiger partial charge is 0.462 e. The number of esters is 4. The van der Waals surface area contributed by atoms with Crippen LogP contribution in [0.15, 0.2) is 0 Å². The summed E-state index contributed by atoms with van der Waals surface area (Å²) in [5.41, 5.74) is 0. The molecule has 0 aromatic rings. The van der Waals surface area contributed by atoms with Crippen molar-refractivity contribution < 1.29 is 80.2 Å². The number of unbranched alkanes of at least 4 members (excludes halogenated alkanes) is 52. The molecule has 0 aliphatic heterocycles. The molecular formula is C77H150O17P2. The Balaban J connectivity index is 5.21. The average Bonchev–Trinajstić information content (AvgIpc) is 1.96. The van der Waals surface area contributed by atoms with Crippen LogP contribution in [0.5, 0.6) is 0 Å². The van der Waals surface area contributed by atoms with Crippen molar-refractivity contribution in [2.75, 3.05) is 39.6 Å². The summed E-state index contributed by atoms with van der Waals surface area (Å²) in [6, 6.07) is 0. The van der Waals surface area contributed by atoms with Crippen molar-refractivity contribution in [2.45, 2.75) is 431 Å². The highest BCUT2D eigenvalue weighted by atomic mass is 31.2. The molecule has 0 bridgehead atoms. The van der Waals surface area contributed by atoms with E-state index < -0.39 is 97.5 Å². The van der Waals surface area contributed by atoms with E-state index in [2.05, 4.69) is 27.7 Å². The Kier molecular flexibility index (Phi) is 70.0. The zero-order valence-corrected chi connectivity index (χ0v) is 64.1. The van der Waals surface area contributed by atoms with E-state index in [1.54, 1.807) is 0 Å². The highest BCUT2D eigenvalue weighted by Crippen LogP contribution is 2.45. The van der Waals surface area contributed by atoms with Crippen LogP contribution in [0, 0.1) is 0 Å². The number of rotatable bonds is 78. The van der Waals surface area contributed by atoms with Gasteiger partial charge in [-0.05, 0) is 25.7 Å². The first-order chi connectivity index (χ1) is 46.7. The third-order valence-corrected chi connectivity index (χ3v) is 20.0. The molecule has 0 radical (unpaired) electrons. The van der Waals surface area contributed by atoms with Gasteiger partial charge in [0.05, 0.1) is 26.4 Å². The molecule has 0 amide bonds. The number of aliphatic hydroxyl groups excluding tert-OH is 1. The molecule has 0 fully saturated rings. The van der Waals surface area contributed by atoms with Crippen LogP contribution in [0.3, 0.4) is 0 Å². The molecule has 0 aromatic heterocycles. The van der Waals surface area contributed by atoms with Gasteiger partial charge in [0.15, 0.2) is 12.2 Å². The summed E-state index contributed by atoms with van der Waals surface area (Å²) in [7, 11) is -9.91. The van der Waals surface area contributed by atoms with E-state index in [9.17, 15) is 43.2 Å². The van der Waals surface area contributed by atoms with Gasteiger partial charge in [-0.1, -0.05) is 362 Å². The minimum absolute atomic E-state index is 0.108. The normalized spacial score (nSPS) is 13.9. The fourth-order valence-electron chi connectivity index (χ4n) is 11.9. The van der Waals surface area contributed by atoms with Crippen molar-refractivity contribution in [1.29, 1.82) is 0 Å². The molecule has 0 saturated heterocycles. The van der Waals surface area contributed by atoms with Crippen molar-refractivity contribution >= 4 is 39.5 Å². The Hall–Kier alpha value is -1.94. The fraction of sp³-hybridized carbons (Fsp3) is 0.948. The van der Waals surface area contributed by atoms with Crippen molar-refractivity contribution in [3.05, 3.63) is 0 Å². The maximum atomic E-state index is 13.1. The second-order valence-electron chi connectivity index (χ2n) is 27.7. The van der Waals surface area contributed by atoms with Crippen LogP contribution < -0.4 is 0 Å². The number of carbonyl (C=O) groups excluding carboxylic acids is 4. The first-order valence-electron chi connectivity index (χ1n) is 40.3. The van der Waals surface area contributed by atoms with Gasteiger partial charge in [-0.2, -0.15) is 0 Å². The van der Waals surface area contributed by atoms with Gasteiger partial charge < -0.3 is 33.8 Å². The van der Waals surface area contributed by atoms with Crippen LogP contribution in [0.1, 0.15) is 413 Å². The lowest BCUT2D eigenvalue weighted by molar-refractivity contribution is -0.161. The summed E-state index contributed by atoms with van der Waals surface area (Å²) in [5, 5.41) is 10.6. The SMILES string of the molecule is CCCCCCCCCCCCCCCCCCCCCCC(=O)O[C@H](COC(=O)CCCCCCCCCCCCCC)COP(=O)(O)OC[C@@H](O)COP(=O)(O)OC[C@@H](COC(=O)CCCCCCCCCCCCCC)OC(=O)CCCCCCCCCCCCCC. The van der Waals surface area contributed by atoms with Crippen LogP contribution in [0.2, 0.25) is 0 Å². The molecule has 0 aliphatic carbocycles. The van der Waals surface area contributed by atoms with E-state index in [1.165, 1.54) is 244 Å². The number of ether oxygens (including phenoxy) is 4. The Morgan fingerprint density at radius 1 is 0.250 bits per heavy atom. The van der Waals surface area contributed by atoms with Gasteiger partial charge in [0.25, 0.3) is 0 Å². The topological polar surface area (TPSA) is 237 Å². The molecule has 0 heterocycles. The molecule has 17 nitrogen and oxygen atoms in total. The van der Waals surface area contributed by atoms with Gasteiger partial charge in [0.1, 0.15) is 19.3 Å². The molecule has 0 aromatic carbocycles. The standard InChI is InChI=1S/C77H150O17P2/c1-5-9-13-17-21-25-29-33-34-35-36-37-38-39-40-44-48-52-56-60-64-77(82)94-73(68-88-75(80)62-58-54-50-46-42-31-27-23-19-15-11-7-3)70-92-96(85,86)90-66-71(78)65-89-95(83,84)91-69-72(93-76(81)63-59-55-51-47-43-32-28-24-20-16-12-8-4)67-87-74(79)61-57-53-49-45-41-30-26-22-18-14-10-6-2/h71-73,78H,5-70H2,1-4H3,(H,83,84)(H,85,86)/t71-,72+,73+/m0/s1. The summed E-state index contributed by atoms with van der Waals surface area (Å²) in [6.07, 6.45) is 62.3. The van der Waals surface area contributed by atoms with E-state index >= 15 is 0 Å². The van der Waals surface area contributed by atoms with Crippen LogP contribution >= 0.6 is 15.6 Å². The minimum atomic E-state index is -4.96. The maximum Gasteiger partial charge on any atom is 0.472 e. The molecule has 0 spiro atoms. The van der Waals surface area contributed by atoms with Crippen LogP contribution in [0.25, 0.3) is 0 Å². The van der Waals surface area contributed by atoms with E-state index in [0.717, 1.165) is 89.9 Å². The predicted molar refractivity (Wildman–Crippen MR) is 391 cm³/mol. The van der Waals surface area contributed by atoms with Crippen molar-refractivity contribution in [1.82, 2.24) is 0 Å². The highest BCUT2D eigenvalue weighted by molar-refractivity contribution is 7.47. The average molecular weight is 1410 g/mol. The summed E-state index contributed by atoms with van der Waals surface area (Å²) in [4.78, 5) is 72.8. The summed E-state index contributed by atoms with van der Waals surface area (Å²) in [6.45, 7) is 5.00. The van der Waals surface area contributed by atoms with Gasteiger partial charge in [0.2, 0.25) is 0 Å². The van der Waals surface area contributed by atoms with Crippen molar-refractivity contribution in [3.63, 3.8) is 0 Å². The molecule has 0 aliphatic rings. The molecular weight excluding hydrogens is 1260 g/mol. The second-order valence-corrected chi connectivity index (χ2v) is 30.7. The van der Waals surface area contributed by atoms with Gasteiger partial charge in [-0.25, -0.2) is 9.13 Å². The van der Waals surface area contributed by atoms with Gasteiger partial charge >= 0.3 is 39.5 Å². The van der Waals surface area contributed by atoms with E-state index in [4.69, 9.17) is 37.0 Å². The first-order valence-corrected chi connectivity index (χ1v) is 43.3. The number of hydrogen-bond donors (Lipinski definition) is 3. The molecule has 0 saturated carbocycles. The molecule has 570 valence electrons. The number of aliphatic hydroxyl groups is 1. The predicted octanol–water partition coefficient (Wildman–Crippen LogP) is 23.0. The van der Waals surface area contributed by atoms with E-state index in [0.29, 0.717) is 25.7 Å². The highest BCUT2D eigenvalue weighted by Gasteiger charge is 2.30. The lowest BCUT2D eigenvalue weighted by Crippen LogP contribution is -2.30. The fourth-order valence-corrected chi connectivity index (χ4v) is 13.5. The molecule has 3 N–H and O–H groups in total. The quantitative estimate of drug-likeness (QED) is 0.0222. The molecule has 5 atom stereocenters. The molecule has 19 heteroatoms. The Morgan fingerprint density at radius 2 is 0.417 bits per heavy atom. The van der Waals surface area contributed by atoms with Crippen molar-refractivity contribution in [3.8, 4) is 0 Å². The van der Waals surface area contributed by atoms with E-state index in [1.807, 2.05) is 0 Å². The lowest BCUT2D eigenvalue weighted by Gasteiger charge is -2.21. The van der Waals surface area contributed by atoms with Gasteiger partial charge in [-0.15, -0.1) is 0 Å². The molecule has 96 heavy (non-hydrogen) atoms. The lowest BCUT2D eigenvalue weighted by atomic mass is 10.0. The van der Waals surface area contributed by atoms with Crippen LogP contribution in [0.4, 0.5) is 0 Å². The zero-order valence-electron chi connectivity index (χ0n) is 62.4. The number of carbonyl (C=O) groups is 4. The van der Waals surface area contributed by atoms with Crippen LogP contribution in [-0.4, -0.2) is 96.7 Å². The third kappa shape index (κ3) is 70.5. The van der Waals surface area contributed by atoms with Gasteiger partial charge in [-0.3, -0.25) is 37.3 Å². The monoisotopic (exact) mass is 1410 g/mol.